The molecule has 0 saturated carbocycles. The van der Waals surface area contributed by atoms with Crippen molar-refractivity contribution in [2.45, 2.75) is 13.8 Å². The first-order valence-corrected chi connectivity index (χ1v) is 5.25. The molecule has 16 heavy (non-hydrogen) atoms. The third-order valence-electron chi connectivity index (χ3n) is 2.56. The second kappa shape index (κ2) is 4.35. The molecule has 0 amide bonds. The van der Waals surface area contributed by atoms with Crippen LogP contribution in [0.3, 0.4) is 0 Å². The van der Waals surface area contributed by atoms with Crippen molar-refractivity contribution in [1.82, 2.24) is 0 Å². The maximum Gasteiger partial charge on any atom is 0.126 e. The Bertz CT molecular complexity index is 492. The zero-order valence-corrected chi connectivity index (χ0v) is 9.42. The standard InChI is InChI=1S/C14H14FN/c1-10-9-14(11(2)8-13(10)15)16-12-6-4-3-5-7-12/h3-9,16H,1-2H3. The van der Waals surface area contributed by atoms with Crippen molar-refractivity contribution in [1.29, 1.82) is 0 Å². The normalized spacial score (nSPS) is 10.2. The zero-order valence-electron chi connectivity index (χ0n) is 9.42. The van der Waals surface area contributed by atoms with Crippen LogP contribution in [0, 0.1) is 19.7 Å². The van der Waals surface area contributed by atoms with E-state index < -0.39 is 0 Å². The van der Waals surface area contributed by atoms with Gasteiger partial charge in [-0.3, -0.25) is 0 Å². The predicted octanol–water partition coefficient (Wildman–Crippen LogP) is 4.19. The van der Waals surface area contributed by atoms with Gasteiger partial charge >= 0.3 is 0 Å². The minimum atomic E-state index is -0.156. The highest BCUT2D eigenvalue weighted by molar-refractivity contribution is 5.63. The van der Waals surface area contributed by atoms with E-state index in [9.17, 15) is 4.39 Å². The van der Waals surface area contributed by atoms with E-state index in [-0.39, 0.29) is 5.82 Å². The van der Waals surface area contributed by atoms with E-state index >= 15 is 0 Å². The van der Waals surface area contributed by atoms with Crippen LogP contribution in [-0.4, -0.2) is 0 Å². The van der Waals surface area contributed by atoms with Crippen molar-refractivity contribution >= 4 is 11.4 Å². The molecule has 0 saturated heterocycles. The average Bonchev–Trinajstić information content (AvgIpc) is 2.27. The van der Waals surface area contributed by atoms with Crippen molar-refractivity contribution in [3.8, 4) is 0 Å². The van der Waals surface area contributed by atoms with Gasteiger partial charge in [0.1, 0.15) is 5.82 Å². The molecule has 0 heterocycles. The SMILES string of the molecule is Cc1cc(Nc2ccccc2)c(C)cc1F. The van der Waals surface area contributed by atoms with Gasteiger partial charge in [0, 0.05) is 11.4 Å². The van der Waals surface area contributed by atoms with Gasteiger partial charge in [-0.25, -0.2) is 4.39 Å². The van der Waals surface area contributed by atoms with Crippen LogP contribution in [0.1, 0.15) is 11.1 Å². The Morgan fingerprint density at radius 1 is 0.938 bits per heavy atom. The molecular weight excluding hydrogens is 201 g/mol. The molecule has 0 atom stereocenters. The summed E-state index contributed by atoms with van der Waals surface area (Å²) in [6.45, 7) is 3.67. The first-order valence-electron chi connectivity index (χ1n) is 5.25. The molecule has 2 heteroatoms. The summed E-state index contributed by atoms with van der Waals surface area (Å²) in [4.78, 5) is 0. The van der Waals surface area contributed by atoms with E-state index in [4.69, 9.17) is 0 Å². The van der Waals surface area contributed by atoms with Gasteiger partial charge in [0.05, 0.1) is 0 Å². The van der Waals surface area contributed by atoms with Crippen molar-refractivity contribution < 1.29 is 4.39 Å². The van der Waals surface area contributed by atoms with Gasteiger partial charge in [-0.1, -0.05) is 18.2 Å². The molecule has 0 spiro atoms. The molecule has 2 rings (SSSR count). The smallest absolute Gasteiger partial charge is 0.126 e. The molecule has 1 nitrogen and oxygen atoms in total. The number of halogens is 1. The lowest BCUT2D eigenvalue weighted by atomic mass is 10.1. The number of rotatable bonds is 2. The Morgan fingerprint density at radius 2 is 1.62 bits per heavy atom. The van der Waals surface area contributed by atoms with Gasteiger partial charge < -0.3 is 5.32 Å². The number of benzene rings is 2. The summed E-state index contributed by atoms with van der Waals surface area (Å²) >= 11 is 0. The van der Waals surface area contributed by atoms with E-state index in [0.717, 1.165) is 16.9 Å². The molecule has 2 aromatic carbocycles. The van der Waals surface area contributed by atoms with Crippen molar-refractivity contribution in [3.63, 3.8) is 0 Å². The fourth-order valence-electron chi connectivity index (χ4n) is 1.59. The third-order valence-corrected chi connectivity index (χ3v) is 2.56. The first kappa shape index (κ1) is 10.7. The molecule has 2 aromatic rings. The maximum atomic E-state index is 13.3. The zero-order chi connectivity index (χ0) is 11.5. The fourth-order valence-corrected chi connectivity index (χ4v) is 1.59. The van der Waals surface area contributed by atoms with Crippen molar-refractivity contribution in [3.05, 3.63) is 59.4 Å². The van der Waals surface area contributed by atoms with Crippen molar-refractivity contribution in [2.75, 3.05) is 5.32 Å². The summed E-state index contributed by atoms with van der Waals surface area (Å²) < 4.78 is 13.3. The Morgan fingerprint density at radius 3 is 2.31 bits per heavy atom. The highest BCUT2D eigenvalue weighted by Crippen LogP contribution is 2.23. The van der Waals surface area contributed by atoms with E-state index in [2.05, 4.69) is 5.32 Å². The highest BCUT2D eigenvalue weighted by Gasteiger charge is 2.03. The van der Waals surface area contributed by atoms with E-state index in [1.54, 1.807) is 13.0 Å². The van der Waals surface area contributed by atoms with Crippen LogP contribution in [0.25, 0.3) is 0 Å². The lowest BCUT2D eigenvalue weighted by Crippen LogP contribution is -1.95. The quantitative estimate of drug-likeness (QED) is 0.792. The Balaban J connectivity index is 2.32. The largest absolute Gasteiger partial charge is 0.355 e. The topological polar surface area (TPSA) is 12.0 Å². The molecule has 0 aromatic heterocycles. The monoisotopic (exact) mass is 215 g/mol. The molecule has 1 N–H and O–H groups in total. The van der Waals surface area contributed by atoms with Gasteiger partial charge in [0.2, 0.25) is 0 Å². The lowest BCUT2D eigenvalue weighted by Gasteiger charge is -2.11. The highest BCUT2D eigenvalue weighted by atomic mass is 19.1. The summed E-state index contributed by atoms with van der Waals surface area (Å²) in [5, 5.41) is 3.27. The van der Waals surface area contributed by atoms with Gasteiger partial charge in [-0.15, -0.1) is 0 Å². The number of nitrogens with one attached hydrogen (secondary N) is 1. The molecule has 0 fully saturated rings. The van der Waals surface area contributed by atoms with Crippen LogP contribution < -0.4 is 5.32 Å². The van der Waals surface area contributed by atoms with Gasteiger partial charge in [-0.05, 0) is 49.2 Å². The predicted molar refractivity (Wildman–Crippen MR) is 65.6 cm³/mol. The van der Waals surface area contributed by atoms with Gasteiger partial charge in [-0.2, -0.15) is 0 Å². The molecule has 82 valence electrons. The number of para-hydroxylation sites is 1. The first-order chi connectivity index (χ1) is 7.66. The van der Waals surface area contributed by atoms with Crippen molar-refractivity contribution in [2.24, 2.45) is 0 Å². The van der Waals surface area contributed by atoms with Crippen LogP contribution in [0.2, 0.25) is 0 Å². The van der Waals surface area contributed by atoms with E-state index in [1.165, 1.54) is 0 Å². The third kappa shape index (κ3) is 2.22. The summed E-state index contributed by atoms with van der Waals surface area (Å²) in [6, 6.07) is 13.3. The van der Waals surface area contributed by atoms with Crippen LogP contribution >= 0.6 is 0 Å². The Labute approximate surface area is 94.9 Å². The second-order valence-corrected chi connectivity index (χ2v) is 3.91. The minimum Gasteiger partial charge on any atom is -0.355 e. The van der Waals surface area contributed by atoms with Gasteiger partial charge in [0.15, 0.2) is 0 Å². The number of hydrogen-bond acceptors (Lipinski definition) is 1. The van der Waals surface area contributed by atoms with Crippen LogP contribution in [0.4, 0.5) is 15.8 Å². The second-order valence-electron chi connectivity index (χ2n) is 3.91. The maximum absolute atomic E-state index is 13.3. The Hall–Kier alpha value is -1.83. The number of anilines is 2. The summed E-state index contributed by atoms with van der Waals surface area (Å²) in [6.07, 6.45) is 0. The van der Waals surface area contributed by atoms with Crippen LogP contribution in [0.5, 0.6) is 0 Å². The molecular formula is C14H14FN. The van der Waals surface area contributed by atoms with Crippen LogP contribution in [-0.2, 0) is 0 Å². The fraction of sp³-hybridized carbons (Fsp3) is 0.143. The molecule has 0 bridgehead atoms. The molecule has 0 aliphatic rings. The molecule has 0 aliphatic carbocycles. The number of aryl methyl sites for hydroxylation is 2. The van der Waals surface area contributed by atoms with E-state index in [0.29, 0.717) is 5.56 Å². The Kier molecular flexibility index (Phi) is 2.91. The molecule has 0 aliphatic heterocycles. The average molecular weight is 215 g/mol. The van der Waals surface area contributed by atoms with Crippen LogP contribution in [0.15, 0.2) is 42.5 Å². The summed E-state index contributed by atoms with van der Waals surface area (Å²) in [5.41, 5.74) is 3.53. The van der Waals surface area contributed by atoms with E-state index in [1.807, 2.05) is 43.3 Å². The lowest BCUT2D eigenvalue weighted by molar-refractivity contribution is 0.617. The molecule has 0 unspecified atom stereocenters. The molecule has 0 radical (unpaired) electrons. The summed E-state index contributed by atoms with van der Waals surface area (Å²) in [7, 11) is 0. The summed E-state index contributed by atoms with van der Waals surface area (Å²) in [5.74, 6) is -0.156. The minimum absolute atomic E-state index is 0.156. The van der Waals surface area contributed by atoms with Gasteiger partial charge in [0.25, 0.3) is 0 Å². The number of hydrogen-bond donors (Lipinski definition) is 1.